The SMILES string of the molecule is CC1COCCN1C(=O)c1ccc(Sc2ccccc2Cl)nn1. The van der Waals surface area contributed by atoms with Crippen molar-refractivity contribution in [1.82, 2.24) is 15.1 Å². The van der Waals surface area contributed by atoms with Gasteiger partial charge in [-0.1, -0.05) is 35.5 Å². The molecule has 1 atom stereocenters. The molecule has 0 N–H and O–H groups in total. The Morgan fingerprint density at radius 2 is 2.13 bits per heavy atom. The van der Waals surface area contributed by atoms with E-state index < -0.39 is 0 Å². The number of amides is 1. The Bertz CT molecular complexity index is 696. The van der Waals surface area contributed by atoms with Crippen LogP contribution in [-0.2, 0) is 4.74 Å². The number of hydrogen-bond donors (Lipinski definition) is 0. The van der Waals surface area contributed by atoms with Gasteiger partial charge in [0.1, 0.15) is 5.03 Å². The van der Waals surface area contributed by atoms with E-state index in [0.29, 0.717) is 35.5 Å². The minimum atomic E-state index is -0.109. The fourth-order valence-electron chi connectivity index (χ4n) is 2.30. The van der Waals surface area contributed by atoms with Gasteiger partial charge in [-0.2, -0.15) is 0 Å². The lowest BCUT2D eigenvalue weighted by molar-refractivity contribution is 0.00319. The molecule has 0 bridgehead atoms. The zero-order valence-electron chi connectivity index (χ0n) is 12.6. The molecule has 0 spiro atoms. The average molecular weight is 350 g/mol. The van der Waals surface area contributed by atoms with Crippen LogP contribution in [0.5, 0.6) is 0 Å². The molecule has 2 aromatic rings. The van der Waals surface area contributed by atoms with Gasteiger partial charge in [0.2, 0.25) is 0 Å². The van der Waals surface area contributed by atoms with Crippen molar-refractivity contribution in [2.45, 2.75) is 22.9 Å². The first-order chi connectivity index (χ1) is 11.1. The molecule has 1 fully saturated rings. The van der Waals surface area contributed by atoms with E-state index in [9.17, 15) is 4.79 Å². The van der Waals surface area contributed by atoms with Gasteiger partial charge in [0.15, 0.2) is 5.69 Å². The fourth-order valence-corrected chi connectivity index (χ4v) is 3.31. The van der Waals surface area contributed by atoms with Crippen molar-refractivity contribution in [3.63, 3.8) is 0 Å². The number of halogens is 1. The highest BCUT2D eigenvalue weighted by molar-refractivity contribution is 7.99. The summed E-state index contributed by atoms with van der Waals surface area (Å²) in [6, 6.07) is 11.1. The number of hydrogen-bond acceptors (Lipinski definition) is 5. The van der Waals surface area contributed by atoms with Crippen LogP contribution >= 0.6 is 23.4 Å². The first-order valence-corrected chi connectivity index (χ1v) is 8.49. The van der Waals surface area contributed by atoms with Crippen molar-refractivity contribution in [3.05, 3.63) is 47.1 Å². The quantitative estimate of drug-likeness (QED) is 0.852. The number of aromatic nitrogens is 2. The summed E-state index contributed by atoms with van der Waals surface area (Å²) in [5, 5.41) is 9.57. The van der Waals surface area contributed by atoms with Crippen molar-refractivity contribution < 1.29 is 9.53 Å². The molecule has 3 rings (SSSR count). The van der Waals surface area contributed by atoms with Gasteiger partial charge in [-0.25, -0.2) is 0 Å². The van der Waals surface area contributed by atoms with E-state index in [1.54, 1.807) is 17.0 Å². The number of benzene rings is 1. The summed E-state index contributed by atoms with van der Waals surface area (Å²) in [5.41, 5.74) is 0.349. The van der Waals surface area contributed by atoms with Crippen molar-refractivity contribution in [1.29, 1.82) is 0 Å². The zero-order valence-corrected chi connectivity index (χ0v) is 14.2. The van der Waals surface area contributed by atoms with E-state index in [0.717, 1.165) is 4.90 Å². The highest BCUT2D eigenvalue weighted by Gasteiger charge is 2.25. The van der Waals surface area contributed by atoms with Gasteiger partial charge >= 0.3 is 0 Å². The van der Waals surface area contributed by atoms with Gasteiger partial charge in [0.25, 0.3) is 5.91 Å². The van der Waals surface area contributed by atoms with Crippen LogP contribution in [0.3, 0.4) is 0 Å². The van der Waals surface area contributed by atoms with Crippen LogP contribution in [0.2, 0.25) is 5.02 Å². The molecule has 1 amide bonds. The van der Waals surface area contributed by atoms with Crippen LogP contribution in [0.15, 0.2) is 46.3 Å². The topological polar surface area (TPSA) is 55.3 Å². The second-order valence-electron chi connectivity index (χ2n) is 5.21. The predicted octanol–water partition coefficient (Wildman–Crippen LogP) is 3.14. The molecule has 120 valence electrons. The molecule has 1 aromatic carbocycles. The monoisotopic (exact) mass is 349 g/mol. The molecule has 23 heavy (non-hydrogen) atoms. The Balaban J connectivity index is 1.72. The van der Waals surface area contributed by atoms with Gasteiger partial charge < -0.3 is 9.64 Å². The summed E-state index contributed by atoms with van der Waals surface area (Å²) in [7, 11) is 0. The third kappa shape index (κ3) is 3.83. The summed E-state index contributed by atoms with van der Waals surface area (Å²) in [6.45, 7) is 3.66. The molecule has 1 saturated heterocycles. The Morgan fingerprint density at radius 3 is 2.83 bits per heavy atom. The summed E-state index contributed by atoms with van der Waals surface area (Å²) in [6.07, 6.45) is 0. The third-order valence-corrected chi connectivity index (χ3v) is 4.98. The maximum Gasteiger partial charge on any atom is 0.274 e. The number of rotatable bonds is 3. The Morgan fingerprint density at radius 1 is 1.30 bits per heavy atom. The Kier molecular flexibility index (Phi) is 5.15. The molecule has 7 heteroatoms. The van der Waals surface area contributed by atoms with Crippen LogP contribution in [-0.4, -0.2) is 46.8 Å². The summed E-state index contributed by atoms with van der Waals surface area (Å²) >= 11 is 7.55. The van der Waals surface area contributed by atoms with Crippen LogP contribution in [0.25, 0.3) is 0 Å². The van der Waals surface area contributed by atoms with E-state index in [1.165, 1.54) is 11.8 Å². The van der Waals surface area contributed by atoms with Crippen molar-refractivity contribution in [3.8, 4) is 0 Å². The van der Waals surface area contributed by atoms with Crippen LogP contribution in [0.1, 0.15) is 17.4 Å². The van der Waals surface area contributed by atoms with Crippen molar-refractivity contribution in [2.75, 3.05) is 19.8 Å². The van der Waals surface area contributed by atoms with E-state index in [-0.39, 0.29) is 11.9 Å². The maximum atomic E-state index is 12.5. The Hall–Kier alpha value is -1.63. The largest absolute Gasteiger partial charge is 0.377 e. The van der Waals surface area contributed by atoms with E-state index >= 15 is 0 Å². The van der Waals surface area contributed by atoms with E-state index in [4.69, 9.17) is 16.3 Å². The standard InChI is InChI=1S/C16H16ClN3O2S/c1-11-10-22-9-8-20(11)16(21)13-6-7-15(19-18-13)23-14-5-3-2-4-12(14)17/h2-7,11H,8-10H2,1H3. The van der Waals surface area contributed by atoms with Crippen LogP contribution in [0.4, 0.5) is 0 Å². The summed E-state index contributed by atoms with van der Waals surface area (Å²) < 4.78 is 5.35. The molecule has 0 aliphatic carbocycles. The molecule has 0 saturated carbocycles. The lowest BCUT2D eigenvalue weighted by Gasteiger charge is -2.32. The summed E-state index contributed by atoms with van der Waals surface area (Å²) in [4.78, 5) is 15.2. The van der Waals surface area contributed by atoms with Gasteiger partial charge in [-0.05, 0) is 31.2 Å². The zero-order chi connectivity index (χ0) is 16.2. The van der Waals surface area contributed by atoms with Gasteiger partial charge in [0, 0.05) is 11.4 Å². The van der Waals surface area contributed by atoms with E-state index in [1.807, 2.05) is 31.2 Å². The Labute approximate surface area is 144 Å². The number of carbonyl (C=O) groups excluding carboxylic acids is 1. The highest BCUT2D eigenvalue weighted by atomic mass is 35.5. The minimum Gasteiger partial charge on any atom is -0.377 e. The third-order valence-electron chi connectivity index (χ3n) is 3.54. The molecule has 0 radical (unpaired) electrons. The molecule has 1 aliphatic heterocycles. The number of morpholine rings is 1. The molecule has 5 nitrogen and oxygen atoms in total. The van der Waals surface area contributed by atoms with Crippen LogP contribution < -0.4 is 0 Å². The molecular formula is C16H16ClN3O2S. The number of carbonyl (C=O) groups is 1. The molecule has 1 unspecified atom stereocenters. The number of ether oxygens (including phenoxy) is 1. The number of nitrogens with zero attached hydrogens (tertiary/aromatic N) is 3. The molecule has 1 aromatic heterocycles. The van der Waals surface area contributed by atoms with Crippen molar-refractivity contribution >= 4 is 29.3 Å². The van der Waals surface area contributed by atoms with Crippen LogP contribution in [0, 0.1) is 0 Å². The van der Waals surface area contributed by atoms with Crippen molar-refractivity contribution in [2.24, 2.45) is 0 Å². The lowest BCUT2D eigenvalue weighted by Crippen LogP contribution is -2.47. The van der Waals surface area contributed by atoms with Gasteiger partial charge in [0.05, 0.1) is 24.3 Å². The first-order valence-electron chi connectivity index (χ1n) is 7.30. The fraction of sp³-hybridized carbons (Fsp3) is 0.312. The maximum absolute atomic E-state index is 12.5. The average Bonchev–Trinajstić information content (AvgIpc) is 2.57. The predicted molar refractivity (Wildman–Crippen MR) is 88.9 cm³/mol. The normalized spacial score (nSPS) is 18.0. The van der Waals surface area contributed by atoms with E-state index in [2.05, 4.69) is 10.2 Å². The second-order valence-corrected chi connectivity index (χ2v) is 6.68. The van der Waals surface area contributed by atoms with Gasteiger partial charge in [-0.3, -0.25) is 4.79 Å². The molecule has 1 aliphatic rings. The lowest BCUT2D eigenvalue weighted by atomic mass is 10.2. The summed E-state index contributed by atoms with van der Waals surface area (Å²) in [5.74, 6) is -0.109. The highest BCUT2D eigenvalue weighted by Crippen LogP contribution is 2.31. The van der Waals surface area contributed by atoms with Gasteiger partial charge in [-0.15, -0.1) is 10.2 Å². The smallest absolute Gasteiger partial charge is 0.274 e. The molecular weight excluding hydrogens is 334 g/mol. The minimum absolute atomic E-state index is 0.0511. The second kappa shape index (κ2) is 7.29. The first kappa shape index (κ1) is 16.2. The molecule has 2 heterocycles.